The molecule has 1 aromatic rings. The van der Waals surface area contributed by atoms with Crippen LogP contribution in [0.4, 0.5) is 5.69 Å². The zero-order chi connectivity index (χ0) is 17.3. The second-order valence-corrected chi connectivity index (χ2v) is 6.90. The summed E-state index contributed by atoms with van der Waals surface area (Å²) in [7, 11) is 0. The molecule has 0 bridgehead atoms. The fourth-order valence-corrected chi connectivity index (χ4v) is 3.07. The third kappa shape index (κ3) is 3.62. The van der Waals surface area contributed by atoms with Gasteiger partial charge < -0.3 is 19.1 Å². The van der Waals surface area contributed by atoms with Gasteiger partial charge in [-0.25, -0.2) is 9.59 Å². The van der Waals surface area contributed by atoms with Crippen LogP contribution in [-0.2, 0) is 23.8 Å². The van der Waals surface area contributed by atoms with E-state index in [0.29, 0.717) is 18.8 Å². The van der Waals surface area contributed by atoms with Gasteiger partial charge in [-0.2, -0.15) is 0 Å². The van der Waals surface area contributed by atoms with Gasteiger partial charge in [0.05, 0.1) is 13.2 Å². The molecule has 24 heavy (non-hydrogen) atoms. The predicted octanol–water partition coefficient (Wildman–Crippen LogP) is 2.51. The first-order valence-electron chi connectivity index (χ1n) is 7.66. The van der Waals surface area contributed by atoms with Gasteiger partial charge in [0.2, 0.25) is 0 Å². The summed E-state index contributed by atoms with van der Waals surface area (Å²) in [6.07, 6.45) is 1.48. The molecule has 1 aromatic carbocycles. The topological polar surface area (TPSA) is 65.1 Å². The maximum atomic E-state index is 12.0. The average molecular weight is 396 g/mol. The molecule has 0 unspecified atom stereocenters. The third-order valence-electron chi connectivity index (χ3n) is 3.78. The van der Waals surface area contributed by atoms with Gasteiger partial charge >= 0.3 is 11.9 Å². The van der Waals surface area contributed by atoms with Crippen molar-refractivity contribution in [1.29, 1.82) is 0 Å². The van der Waals surface area contributed by atoms with Crippen LogP contribution in [-0.4, -0.2) is 44.0 Å². The molecule has 2 fully saturated rings. The number of benzene rings is 1. The molecule has 2 saturated heterocycles. The van der Waals surface area contributed by atoms with Crippen molar-refractivity contribution >= 4 is 39.6 Å². The van der Waals surface area contributed by atoms with Crippen LogP contribution in [0.2, 0.25) is 0 Å². The van der Waals surface area contributed by atoms with Crippen molar-refractivity contribution in [3.63, 3.8) is 0 Å². The number of nitrogens with zero attached hydrogens (tertiary/aromatic N) is 1. The van der Waals surface area contributed by atoms with Gasteiger partial charge in [-0.1, -0.05) is 22.0 Å². The molecule has 0 aliphatic carbocycles. The van der Waals surface area contributed by atoms with Gasteiger partial charge in [-0.3, -0.25) is 0 Å². The molecule has 7 heteroatoms. The molecule has 3 rings (SSSR count). The summed E-state index contributed by atoms with van der Waals surface area (Å²) >= 11 is 3.50. The maximum Gasteiger partial charge on any atom is 0.348 e. The van der Waals surface area contributed by atoms with Crippen molar-refractivity contribution in [2.24, 2.45) is 0 Å². The van der Waals surface area contributed by atoms with Crippen LogP contribution in [0.5, 0.6) is 0 Å². The fourth-order valence-electron chi connectivity index (χ4n) is 2.59. The van der Waals surface area contributed by atoms with E-state index in [2.05, 4.69) is 20.8 Å². The Bertz CT molecular complexity index is 685. The van der Waals surface area contributed by atoms with E-state index in [-0.39, 0.29) is 5.57 Å². The quantitative estimate of drug-likeness (QED) is 0.435. The second kappa shape index (κ2) is 6.57. The number of rotatable bonds is 2. The summed E-state index contributed by atoms with van der Waals surface area (Å²) in [5.74, 6) is -2.59. The van der Waals surface area contributed by atoms with Crippen LogP contribution in [0.25, 0.3) is 6.08 Å². The van der Waals surface area contributed by atoms with Crippen LogP contribution in [0.1, 0.15) is 19.4 Å². The second-order valence-electron chi connectivity index (χ2n) is 6.04. The number of carbonyl (C=O) groups is 2. The highest BCUT2D eigenvalue weighted by molar-refractivity contribution is 9.10. The number of halogens is 1. The Hall–Kier alpha value is -1.86. The van der Waals surface area contributed by atoms with Crippen molar-refractivity contribution in [3.8, 4) is 0 Å². The van der Waals surface area contributed by atoms with Gasteiger partial charge in [-0.15, -0.1) is 0 Å². The van der Waals surface area contributed by atoms with Crippen molar-refractivity contribution in [1.82, 2.24) is 0 Å². The minimum atomic E-state index is -1.23. The summed E-state index contributed by atoms with van der Waals surface area (Å²) in [5.41, 5.74) is 1.65. The van der Waals surface area contributed by atoms with Crippen LogP contribution >= 0.6 is 15.9 Å². The van der Waals surface area contributed by atoms with E-state index in [4.69, 9.17) is 14.2 Å². The highest BCUT2D eigenvalue weighted by atomic mass is 79.9. The van der Waals surface area contributed by atoms with E-state index >= 15 is 0 Å². The van der Waals surface area contributed by atoms with Gasteiger partial charge in [0, 0.05) is 37.1 Å². The molecule has 0 spiro atoms. The molecule has 0 radical (unpaired) electrons. The number of hydrogen-bond donors (Lipinski definition) is 0. The Kier molecular flexibility index (Phi) is 4.64. The lowest BCUT2D eigenvalue weighted by molar-refractivity contribution is -0.222. The fraction of sp³-hybridized carbons (Fsp3) is 0.412. The summed E-state index contributed by atoms with van der Waals surface area (Å²) in [6, 6.07) is 5.76. The Morgan fingerprint density at radius 2 is 1.75 bits per heavy atom. The number of ether oxygens (including phenoxy) is 3. The Morgan fingerprint density at radius 1 is 1.12 bits per heavy atom. The van der Waals surface area contributed by atoms with Crippen molar-refractivity contribution in [2.75, 3.05) is 31.2 Å². The molecule has 128 valence electrons. The average Bonchev–Trinajstić information content (AvgIpc) is 2.52. The molecule has 2 aliphatic heterocycles. The molecule has 0 atom stereocenters. The summed E-state index contributed by atoms with van der Waals surface area (Å²) < 4.78 is 16.3. The van der Waals surface area contributed by atoms with Crippen molar-refractivity contribution in [2.45, 2.75) is 19.6 Å². The Balaban J connectivity index is 1.85. The summed E-state index contributed by atoms with van der Waals surface area (Å²) in [5, 5.41) is 0. The molecular formula is C17H18BrNO5. The SMILES string of the molecule is CC1(C)OC(=O)C(=Cc2ccc(N3CCOCC3)cc2Br)C(=O)O1. The van der Waals surface area contributed by atoms with Gasteiger partial charge in [-0.05, 0) is 23.8 Å². The molecule has 0 amide bonds. The molecular weight excluding hydrogens is 378 g/mol. The minimum Gasteiger partial charge on any atom is -0.419 e. The monoisotopic (exact) mass is 395 g/mol. The van der Waals surface area contributed by atoms with Gasteiger partial charge in [0.15, 0.2) is 0 Å². The standard InChI is InChI=1S/C17H18BrNO5/c1-17(2)23-15(20)13(16(21)24-17)9-11-3-4-12(10-14(11)18)19-5-7-22-8-6-19/h3-4,9-10H,5-8H2,1-2H3. The first-order chi connectivity index (χ1) is 11.4. The van der Waals surface area contributed by atoms with Crippen LogP contribution in [0.15, 0.2) is 28.2 Å². The molecule has 6 nitrogen and oxygen atoms in total. The number of cyclic esters (lactones) is 2. The number of hydrogen-bond acceptors (Lipinski definition) is 6. The maximum absolute atomic E-state index is 12.0. The molecule has 0 N–H and O–H groups in total. The normalized spacial score (nSPS) is 20.5. The number of esters is 2. The molecule has 0 saturated carbocycles. The molecule has 2 aliphatic rings. The smallest absolute Gasteiger partial charge is 0.348 e. The van der Waals surface area contributed by atoms with Crippen molar-refractivity contribution in [3.05, 3.63) is 33.8 Å². The van der Waals surface area contributed by atoms with Crippen LogP contribution < -0.4 is 4.90 Å². The zero-order valence-electron chi connectivity index (χ0n) is 13.5. The van der Waals surface area contributed by atoms with Gasteiger partial charge in [0.1, 0.15) is 5.57 Å². The third-order valence-corrected chi connectivity index (χ3v) is 4.46. The Labute approximate surface area is 148 Å². The lowest BCUT2D eigenvalue weighted by Gasteiger charge is -2.30. The van der Waals surface area contributed by atoms with E-state index in [1.54, 1.807) is 0 Å². The number of anilines is 1. The first kappa shape index (κ1) is 17.0. The van der Waals surface area contributed by atoms with E-state index in [9.17, 15) is 9.59 Å². The summed E-state index contributed by atoms with van der Waals surface area (Å²) in [4.78, 5) is 26.3. The lowest BCUT2D eigenvalue weighted by Crippen LogP contribution is -2.41. The first-order valence-corrected chi connectivity index (χ1v) is 8.46. The van der Waals surface area contributed by atoms with E-state index in [1.807, 2.05) is 18.2 Å². The Morgan fingerprint density at radius 3 is 2.33 bits per heavy atom. The highest BCUT2D eigenvalue weighted by Gasteiger charge is 2.38. The van der Waals surface area contributed by atoms with E-state index in [1.165, 1.54) is 19.9 Å². The minimum absolute atomic E-state index is 0.117. The lowest BCUT2D eigenvalue weighted by atomic mass is 10.1. The van der Waals surface area contributed by atoms with Gasteiger partial charge in [0.25, 0.3) is 5.79 Å². The van der Waals surface area contributed by atoms with Crippen LogP contribution in [0.3, 0.4) is 0 Å². The van der Waals surface area contributed by atoms with Crippen molar-refractivity contribution < 1.29 is 23.8 Å². The molecule has 0 aromatic heterocycles. The van der Waals surface area contributed by atoms with Crippen LogP contribution in [0, 0.1) is 0 Å². The summed E-state index contributed by atoms with van der Waals surface area (Å²) in [6.45, 7) is 6.12. The highest BCUT2D eigenvalue weighted by Crippen LogP contribution is 2.29. The van der Waals surface area contributed by atoms with E-state index in [0.717, 1.165) is 23.2 Å². The largest absolute Gasteiger partial charge is 0.419 e. The molecule has 2 heterocycles. The number of carbonyl (C=O) groups excluding carboxylic acids is 2. The zero-order valence-corrected chi connectivity index (χ0v) is 15.1. The number of morpholine rings is 1. The predicted molar refractivity (Wildman–Crippen MR) is 91.4 cm³/mol. The van der Waals surface area contributed by atoms with E-state index < -0.39 is 17.7 Å².